The molecule has 2 aromatic heterocycles. The van der Waals surface area contributed by atoms with Crippen molar-refractivity contribution >= 4 is 22.7 Å². The van der Waals surface area contributed by atoms with E-state index in [1.165, 1.54) is 29.8 Å². The van der Waals surface area contributed by atoms with Crippen molar-refractivity contribution in [2.24, 2.45) is 0 Å². The molecule has 1 aliphatic rings. The number of aryl methyl sites for hydroxylation is 1. The highest BCUT2D eigenvalue weighted by molar-refractivity contribution is 5.88. The third kappa shape index (κ3) is 5.88. The van der Waals surface area contributed by atoms with Gasteiger partial charge in [-0.2, -0.15) is 0 Å². The van der Waals surface area contributed by atoms with Gasteiger partial charge in [0.15, 0.2) is 17.0 Å². The van der Waals surface area contributed by atoms with Crippen LogP contribution in [0.2, 0.25) is 0 Å². The average Bonchev–Trinajstić information content (AvgIpc) is 3.27. The van der Waals surface area contributed by atoms with Gasteiger partial charge in [0, 0.05) is 50.2 Å². The van der Waals surface area contributed by atoms with E-state index in [0.717, 1.165) is 79.6 Å². The van der Waals surface area contributed by atoms with Crippen molar-refractivity contribution in [3.05, 3.63) is 96.3 Å². The van der Waals surface area contributed by atoms with Gasteiger partial charge < -0.3 is 14.7 Å². The predicted molar refractivity (Wildman–Crippen MR) is 174 cm³/mol. The van der Waals surface area contributed by atoms with Gasteiger partial charge in [0.25, 0.3) is 0 Å². The molecule has 0 amide bonds. The molecule has 42 heavy (non-hydrogen) atoms. The number of rotatable bonds is 9. The van der Waals surface area contributed by atoms with E-state index < -0.39 is 0 Å². The average molecular weight is 560 g/mol. The van der Waals surface area contributed by atoms with Crippen molar-refractivity contribution in [3.8, 4) is 17.1 Å². The van der Waals surface area contributed by atoms with Crippen LogP contribution in [0.3, 0.4) is 0 Å². The summed E-state index contributed by atoms with van der Waals surface area (Å²) in [5.41, 5.74) is 7.96. The number of benzene rings is 3. The van der Waals surface area contributed by atoms with Gasteiger partial charge in [0.2, 0.25) is 0 Å². The van der Waals surface area contributed by atoms with Crippen LogP contribution in [0.25, 0.3) is 28.2 Å². The number of fused-ring (bicyclic) bond motifs is 1. The Bertz CT molecular complexity index is 1610. The third-order valence-corrected chi connectivity index (χ3v) is 8.56. The van der Waals surface area contributed by atoms with Crippen LogP contribution in [0.1, 0.15) is 30.4 Å². The van der Waals surface area contributed by atoms with Crippen LogP contribution in [0.5, 0.6) is 0 Å². The standard InChI is InChI=1S/C35H41N7/c1-27-14-12-19-31(28(27)2)41-23-13-22-40(24-25-41)21-11-10-20-39(3)34-32-35(37-26-36-34)42(30-17-8-5-9-18-30)33(38-32)29-15-6-4-7-16-29/h4-9,12,14-19,26H,10-11,13,20-25H2,1-3H3. The molecule has 1 fully saturated rings. The summed E-state index contributed by atoms with van der Waals surface area (Å²) in [6, 6.07) is 27.4. The van der Waals surface area contributed by atoms with Crippen LogP contribution in [-0.2, 0) is 0 Å². The van der Waals surface area contributed by atoms with Crippen molar-refractivity contribution < 1.29 is 0 Å². The minimum Gasteiger partial charge on any atom is -0.370 e. The van der Waals surface area contributed by atoms with Gasteiger partial charge in [-0.05, 0) is 75.5 Å². The summed E-state index contributed by atoms with van der Waals surface area (Å²) >= 11 is 0. The largest absolute Gasteiger partial charge is 0.370 e. The van der Waals surface area contributed by atoms with Crippen LogP contribution < -0.4 is 9.80 Å². The zero-order valence-corrected chi connectivity index (χ0v) is 25.1. The Morgan fingerprint density at radius 3 is 2.38 bits per heavy atom. The fourth-order valence-corrected chi connectivity index (χ4v) is 6.07. The summed E-state index contributed by atoms with van der Waals surface area (Å²) in [4.78, 5) is 22.0. The van der Waals surface area contributed by atoms with Gasteiger partial charge in [-0.3, -0.25) is 4.57 Å². The summed E-state index contributed by atoms with van der Waals surface area (Å²) in [6.45, 7) is 11.0. The molecule has 6 rings (SSSR count). The zero-order chi connectivity index (χ0) is 28.9. The van der Waals surface area contributed by atoms with Crippen LogP contribution in [-0.4, -0.2) is 70.7 Å². The number of imidazole rings is 1. The monoisotopic (exact) mass is 559 g/mol. The second kappa shape index (κ2) is 12.7. The van der Waals surface area contributed by atoms with Crippen LogP contribution >= 0.6 is 0 Å². The van der Waals surface area contributed by atoms with Crippen molar-refractivity contribution in [1.29, 1.82) is 0 Å². The van der Waals surface area contributed by atoms with Gasteiger partial charge in [-0.25, -0.2) is 15.0 Å². The molecule has 3 aromatic carbocycles. The molecule has 0 saturated carbocycles. The van der Waals surface area contributed by atoms with E-state index >= 15 is 0 Å². The van der Waals surface area contributed by atoms with Gasteiger partial charge in [0.1, 0.15) is 12.2 Å². The van der Waals surface area contributed by atoms with Crippen LogP contribution in [0.4, 0.5) is 11.5 Å². The third-order valence-electron chi connectivity index (χ3n) is 8.56. The molecule has 7 heteroatoms. The van der Waals surface area contributed by atoms with Gasteiger partial charge >= 0.3 is 0 Å². The van der Waals surface area contributed by atoms with Crippen molar-refractivity contribution in [2.45, 2.75) is 33.1 Å². The summed E-state index contributed by atoms with van der Waals surface area (Å²) in [5, 5.41) is 0. The molecule has 0 bridgehead atoms. The number of nitrogens with zero attached hydrogens (tertiary/aromatic N) is 7. The predicted octanol–water partition coefficient (Wildman–Crippen LogP) is 6.53. The maximum Gasteiger partial charge on any atom is 0.170 e. The number of para-hydroxylation sites is 1. The second-order valence-corrected chi connectivity index (χ2v) is 11.4. The topological polar surface area (TPSA) is 53.3 Å². The number of aromatic nitrogens is 4. The molecule has 0 radical (unpaired) electrons. The lowest BCUT2D eigenvalue weighted by Crippen LogP contribution is -2.32. The fourth-order valence-electron chi connectivity index (χ4n) is 6.07. The SMILES string of the molecule is Cc1cccc(N2CCCN(CCCCN(C)c3ncnc4c3nc(-c3ccccc3)n4-c3ccccc3)CC2)c1C. The highest BCUT2D eigenvalue weighted by atomic mass is 15.2. The second-order valence-electron chi connectivity index (χ2n) is 11.4. The Kier molecular flexibility index (Phi) is 8.47. The summed E-state index contributed by atoms with van der Waals surface area (Å²) in [7, 11) is 2.12. The number of hydrogen-bond donors (Lipinski definition) is 0. The first-order valence-electron chi connectivity index (χ1n) is 15.2. The molecule has 0 atom stereocenters. The lowest BCUT2D eigenvalue weighted by atomic mass is 10.1. The Balaban J connectivity index is 1.12. The van der Waals surface area contributed by atoms with Crippen molar-refractivity contribution in [3.63, 3.8) is 0 Å². The number of unbranched alkanes of at least 4 members (excludes halogenated alkanes) is 1. The minimum absolute atomic E-state index is 0.829. The summed E-state index contributed by atoms with van der Waals surface area (Å²) in [6.07, 6.45) is 5.14. The van der Waals surface area contributed by atoms with Gasteiger partial charge in [-0.15, -0.1) is 0 Å². The van der Waals surface area contributed by atoms with Crippen LogP contribution in [0.15, 0.2) is 85.2 Å². The highest BCUT2D eigenvalue weighted by Crippen LogP contribution is 2.31. The lowest BCUT2D eigenvalue weighted by Gasteiger charge is -2.26. The fraction of sp³-hybridized carbons (Fsp3) is 0.343. The summed E-state index contributed by atoms with van der Waals surface area (Å²) in [5.74, 6) is 1.76. The molecular weight excluding hydrogens is 518 g/mol. The van der Waals surface area contributed by atoms with E-state index in [4.69, 9.17) is 15.0 Å². The van der Waals surface area contributed by atoms with Gasteiger partial charge in [-0.1, -0.05) is 60.7 Å². The van der Waals surface area contributed by atoms with Crippen LogP contribution in [0, 0.1) is 13.8 Å². The number of hydrogen-bond acceptors (Lipinski definition) is 6. The lowest BCUT2D eigenvalue weighted by molar-refractivity contribution is 0.287. The first kappa shape index (κ1) is 27.9. The van der Waals surface area contributed by atoms with E-state index in [-0.39, 0.29) is 0 Å². The first-order valence-corrected chi connectivity index (χ1v) is 15.2. The normalized spacial score (nSPS) is 14.3. The Morgan fingerprint density at radius 1 is 0.786 bits per heavy atom. The smallest absolute Gasteiger partial charge is 0.170 e. The Labute approximate surface area is 249 Å². The minimum atomic E-state index is 0.829. The molecule has 1 saturated heterocycles. The Hall–Kier alpha value is -4.23. The van der Waals surface area contributed by atoms with E-state index in [9.17, 15) is 0 Å². The van der Waals surface area contributed by atoms with E-state index in [0.29, 0.717) is 0 Å². The zero-order valence-electron chi connectivity index (χ0n) is 25.1. The Morgan fingerprint density at radius 2 is 1.57 bits per heavy atom. The van der Waals surface area contributed by atoms with E-state index in [2.05, 4.69) is 94.8 Å². The quantitative estimate of drug-likeness (QED) is 0.192. The molecule has 0 spiro atoms. The molecule has 0 unspecified atom stereocenters. The molecule has 5 aromatic rings. The molecule has 7 nitrogen and oxygen atoms in total. The summed E-state index contributed by atoms with van der Waals surface area (Å²) < 4.78 is 2.14. The van der Waals surface area contributed by atoms with E-state index in [1.54, 1.807) is 6.33 Å². The number of anilines is 2. The van der Waals surface area contributed by atoms with Gasteiger partial charge in [0.05, 0.1) is 0 Å². The maximum atomic E-state index is 5.12. The van der Waals surface area contributed by atoms with Crippen molar-refractivity contribution in [1.82, 2.24) is 24.4 Å². The molecule has 216 valence electrons. The maximum absolute atomic E-state index is 5.12. The molecular formula is C35H41N7. The van der Waals surface area contributed by atoms with E-state index in [1.807, 2.05) is 24.3 Å². The first-order chi connectivity index (χ1) is 20.6. The molecule has 1 aliphatic heterocycles. The molecule has 3 heterocycles. The van der Waals surface area contributed by atoms with Crippen molar-refractivity contribution in [2.75, 3.05) is 56.1 Å². The highest BCUT2D eigenvalue weighted by Gasteiger charge is 2.21. The molecule has 0 aliphatic carbocycles. The molecule has 0 N–H and O–H groups in total.